The highest BCUT2D eigenvalue weighted by molar-refractivity contribution is 7.90. The number of hydrogen-bond donors (Lipinski definition) is 0. The second-order valence-electron chi connectivity index (χ2n) is 6.29. The Balaban J connectivity index is 1.45. The number of piperidine rings is 1. The highest BCUT2D eigenvalue weighted by Crippen LogP contribution is 2.33. The molecule has 122 valence electrons. The highest BCUT2D eigenvalue weighted by atomic mass is 32.2. The first-order valence-corrected chi connectivity index (χ1v) is 9.64. The normalized spacial score (nSPS) is 20.7. The molecule has 1 aliphatic carbocycles. The van der Waals surface area contributed by atoms with Crippen molar-refractivity contribution in [3.63, 3.8) is 0 Å². The summed E-state index contributed by atoms with van der Waals surface area (Å²) in [7, 11) is -3.05. The Labute approximate surface area is 136 Å². The molecule has 0 N–H and O–H groups in total. The monoisotopic (exact) mass is 332 g/mol. The van der Waals surface area contributed by atoms with Crippen molar-refractivity contribution in [1.82, 2.24) is 9.29 Å². The molecule has 2 heterocycles. The minimum Gasteiger partial charge on any atom is -0.488 e. The number of pyridine rings is 1. The van der Waals surface area contributed by atoms with Crippen molar-refractivity contribution in [2.45, 2.75) is 37.0 Å². The Morgan fingerprint density at radius 2 is 1.78 bits per heavy atom. The van der Waals surface area contributed by atoms with E-state index in [1.54, 1.807) is 10.5 Å². The van der Waals surface area contributed by atoms with Crippen molar-refractivity contribution in [3.8, 4) is 5.75 Å². The summed E-state index contributed by atoms with van der Waals surface area (Å²) in [4.78, 5) is 4.40. The van der Waals surface area contributed by atoms with Gasteiger partial charge in [0, 0.05) is 24.7 Å². The van der Waals surface area contributed by atoms with Crippen LogP contribution < -0.4 is 4.74 Å². The van der Waals surface area contributed by atoms with Gasteiger partial charge in [-0.05, 0) is 37.8 Å². The van der Waals surface area contributed by atoms with Gasteiger partial charge in [-0.1, -0.05) is 18.2 Å². The fourth-order valence-corrected chi connectivity index (χ4v) is 5.01. The van der Waals surface area contributed by atoms with E-state index in [0.29, 0.717) is 13.1 Å². The summed E-state index contributed by atoms with van der Waals surface area (Å²) in [5.41, 5.74) is 0.864. The molecule has 4 rings (SSSR count). The molecule has 1 aromatic carbocycles. The maximum atomic E-state index is 12.3. The lowest BCUT2D eigenvalue weighted by molar-refractivity contribution is 0.136. The molecule has 0 bridgehead atoms. The molecule has 5 nitrogen and oxygen atoms in total. The summed E-state index contributed by atoms with van der Waals surface area (Å²) in [6, 6.07) is 9.84. The topological polar surface area (TPSA) is 59.5 Å². The number of ether oxygens (including phenoxy) is 1. The average molecular weight is 332 g/mol. The van der Waals surface area contributed by atoms with Crippen LogP contribution in [-0.4, -0.2) is 42.2 Å². The molecular formula is C17H20N2O3S. The second-order valence-corrected chi connectivity index (χ2v) is 8.50. The molecule has 23 heavy (non-hydrogen) atoms. The second kappa shape index (κ2) is 5.76. The van der Waals surface area contributed by atoms with Crippen LogP contribution in [0.3, 0.4) is 0 Å². The van der Waals surface area contributed by atoms with Crippen LogP contribution in [0.25, 0.3) is 10.9 Å². The SMILES string of the molecule is O=S(=O)(C1CC1)N1CCC(Oc2cccc3cccnc23)CC1. The molecule has 2 fully saturated rings. The van der Waals surface area contributed by atoms with Gasteiger partial charge in [-0.25, -0.2) is 12.7 Å². The Kier molecular flexibility index (Phi) is 3.73. The third-order valence-corrected chi connectivity index (χ3v) is 6.99. The van der Waals surface area contributed by atoms with Gasteiger partial charge >= 0.3 is 0 Å². The Bertz CT molecular complexity index is 804. The summed E-state index contributed by atoms with van der Waals surface area (Å²) in [5, 5.41) is 0.931. The summed E-state index contributed by atoms with van der Waals surface area (Å²) in [6.45, 7) is 1.11. The largest absolute Gasteiger partial charge is 0.488 e. The van der Waals surface area contributed by atoms with Gasteiger partial charge in [0.2, 0.25) is 10.0 Å². The highest BCUT2D eigenvalue weighted by Gasteiger charge is 2.41. The zero-order valence-corrected chi connectivity index (χ0v) is 13.7. The maximum absolute atomic E-state index is 12.3. The number of sulfonamides is 1. The van der Waals surface area contributed by atoms with E-state index in [9.17, 15) is 8.42 Å². The van der Waals surface area contributed by atoms with Gasteiger partial charge in [0.1, 0.15) is 17.4 Å². The van der Waals surface area contributed by atoms with Gasteiger partial charge in [0.25, 0.3) is 0 Å². The maximum Gasteiger partial charge on any atom is 0.216 e. The number of fused-ring (bicyclic) bond motifs is 1. The van der Waals surface area contributed by atoms with Gasteiger partial charge < -0.3 is 4.74 Å². The number of hydrogen-bond acceptors (Lipinski definition) is 4. The van der Waals surface area contributed by atoms with Crippen molar-refractivity contribution < 1.29 is 13.2 Å². The summed E-state index contributed by atoms with van der Waals surface area (Å²) in [5.74, 6) is 0.784. The van der Waals surface area contributed by atoms with Crippen molar-refractivity contribution in [2.24, 2.45) is 0 Å². The number of para-hydroxylation sites is 1. The van der Waals surface area contributed by atoms with E-state index >= 15 is 0 Å². The molecule has 0 unspecified atom stereocenters. The van der Waals surface area contributed by atoms with Crippen molar-refractivity contribution in [3.05, 3.63) is 36.5 Å². The molecule has 0 spiro atoms. The van der Waals surface area contributed by atoms with Crippen LogP contribution in [0.4, 0.5) is 0 Å². The van der Waals surface area contributed by atoms with Crippen LogP contribution in [-0.2, 0) is 10.0 Å². The Morgan fingerprint density at radius 1 is 1.04 bits per heavy atom. The molecule has 1 saturated carbocycles. The summed E-state index contributed by atoms with van der Waals surface area (Å²) >= 11 is 0. The first kappa shape index (κ1) is 14.9. The van der Waals surface area contributed by atoms with Gasteiger partial charge in [0.15, 0.2) is 0 Å². The van der Waals surface area contributed by atoms with Crippen LogP contribution in [0, 0.1) is 0 Å². The molecule has 1 aromatic heterocycles. The zero-order chi connectivity index (χ0) is 15.9. The van der Waals surface area contributed by atoms with E-state index in [1.165, 1.54) is 0 Å². The predicted molar refractivity (Wildman–Crippen MR) is 88.9 cm³/mol. The number of nitrogens with zero attached hydrogens (tertiary/aromatic N) is 2. The molecule has 0 radical (unpaired) electrons. The summed E-state index contributed by atoms with van der Waals surface area (Å²) in [6.07, 6.45) is 4.92. The predicted octanol–water partition coefficient (Wildman–Crippen LogP) is 2.57. The van der Waals surface area contributed by atoms with Crippen LogP contribution in [0.1, 0.15) is 25.7 Å². The number of aromatic nitrogens is 1. The molecule has 0 amide bonds. The smallest absolute Gasteiger partial charge is 0.216 e. The minimum atomic E-state index is -3.05. The van der Waals surface area contributed by atoms with E-state index in [1.807, 2.05) is 30.3 Å². The molecular weight excluding hydrogens is 312 g/mol. The lowest BCUT2D eigenvalue weighted by Crippen LogP contribution is -2.43. The van der Waals surface area contributed by atoms with E-state index < -0.39 is 10.0 Å². The quantitative estimate of drug-likeness (QED) is 0.863. The molecule has 1 aliphatic heterocycles. The summed E-state index contributed by atoms with van der Waals surface area (Å²) < 4.78 is 32.3. The minimum absolute atomic E-state index is 0.0493. The lowest BCUT2D eigenvalue weighted by atomic mass is 10.1. The standard InChI is InChI=1S/C17H20N2O3S/c20-23(21,15-6-7-15)19-11-8-14(9-12-19)22-16-5-1-3-13-4-2-10-18-17(13)16/h1-5,10,14-15H,6-9,11-12H2. The first-order chi connectivity index (χ1) is 11.1. The number of rotatable bonds is 4. The van der Waals surface area contributed by atoms with Gasteiger partial charge in [-0.3, -0.25) is 4.98 Å². The molecule has 1 saturated heterocycles. The van der Waals surface area contributed by atoms with Gasteiger partial charge in [0.05, 0.1) is 5.25 Å². The molecule has 2 aliphatic rings. The van der Waals surface area contributed by atoms with E-state index in [4.69, 9.17) is 4.74 Å². The van der Waals surface area contributed by atoms with E-state index in [-0.39, 0.29) is 11.4 Å². The van der Waals surface area contributed by atoms with Crippen LogP contribution in [0.2, 0.25) is 0 Å². The first-order valence-electron chi connectivity index (χ1n) is 8.14. The zero-order valence-electron chi connectivity index (χ0n) is 12.9. The Morgan fingerprint density at radius 3 is 2.52 bits per heavy atom. The lowest BCUT2D eigenvalue weighted by Gasteiger charge is -2.31. The van der Waals surface area contributed by atoms with Gasteiger partial charge in [-0.2, -0.15) is 0 Å². The van der Waals surface area contributed by atoms with Crippen molar-refractivity contribution >= 4 is 20.9 Å². The Hall–Kier alpha value is -1.66. The van der Waals surface area contributed by atoms with E-state index in [2.05, 4.69) is 4.98 Å². The molecule has 2 aromatic rings. The van der Waals surface area contributed by atoms with E-state index in [0.717, 1.165) is 42.3 Å². The fourth-order valence-electron chi connectivity index (χ4n) is 3.13. The van der Waals surface area contributed by atoms with Crippen molar-refractivity contribution in [2.75, 3.05) is 13.1 Å². The third kappa shape index (κ3) is 2.93. The molecule has 0 atom stereocenters. The fraction of sp³-hybridized carbons (Fsp3) is 0.471. The van der Waals surface area contributed by atoms with Gasteiger partial charge in [-0.15, -0.1) is 0 Å². The van der Waals surface area contributed by atoms with Crippen LogP contribution in [0.5, 0.6) is 5.75 Å². The van der Waals surface area contributed by atoms with Crippen LogP contribution in [0.15, 0.2) is 36.5 Å². The average Bonchev–Trinajstić information content (AvgIpc) is 3.41. The van der Waals surface area contributed by atoms with Crippen LogP contribution >= 0.6 is 0 Å². The number of benzene rings is 1. The third-order valence-electron chi connectivity index (χ3n) is 4.60. The van der Waals surface area contributed by atoms with Crippen molar-refractivity contribution in [1.29, 1.82) is 0 Å². The molecule has 6 heteroatoms.